The van der Waals surface area contributed by atoms with Gasteiger partial charge in [-0.05, 0) is 0 Å². The molecule has 3 nitrogen and oxygen atoms in total. The number of hydrogen-bond donors (Lipinski definition) is 1. The van der Waals surface area contributed by atoms with E-state index >= 15 is 0 Å². The van der Waals surface area contributed by atoms with E-state index in [0.717, 1.165) is 12.6 Å². The van der Waals surface area contributed by atoms with Gasteiger partial charge in [0.05, 0.1) is 20.0 Å². The van der Waals surface area contributed by atoms with Gasteiger partial charge in [-0.15, -0.1) is 0 Å². The van der Waals surface area contributed by atoms with Crippen molar-refractivity contribution in [2.45, 2.75) is 0 Å². The molecule has 0 fully saturated rings. The zero-order valence-corrected chi connectivity index (χ0v) is 5.14. The average Bonchev–Trinajstić information content (AvgIpc) is 2.14. The molecule has 1 aliphatic rings. The summed E-state index contributed by atoms with van der Waals surface area (Å²) in [5.41, 5.74) is 0. The highest BCUT2D eigenvalue weighted by Gasteiger charge is 2.04. The van der Waals surface area contributed by atoms with Crippen molar-refractivity contribution >= 4 is 0 Å². The topological polar surface area (TPSA) is 24.5 Å². The summed E-state index contributed by atoms with van der Waals surface area (Å²) in [6, 6.07) is 0. The van der Waals surface area contributed by atoms with Crippen LogP contribution in [0.25, 0.3) is 0 Å². The predicted molar refractivity (Wildman–Crippen MR) is 30.9 cm³/mol. The Kier molecular flexibility index (Phi) is 1.28. The Labute approximate surface area is 48.9 Å². The van der Waals surface area contributed by atoms with Crippen molar-refractivity contribution in [1.29, 1.82) is 0 Å². The minimum absolute atomic E-state index is 0.840. The third-order valence-electron chi connectivity index (χ3n) is 1.06. The van der Waals surface area contributed by atoms with Crippen LogP contribution < -0.4 is 5.32 Å². The minimum Gasteiger partial charge on any atom is -0.481 e. The molecule has 1 heterocycles. The molecule has 0 radical (unpaired) electrons. The van der Waals surface area contributed by atoms with Gasteiger partial charge in [-0.1, -0.05) is 0 Å². The molecular weight excluding hydrogens is 104 g/mol. The molecule has 0 spiro atoms. The highest BCUT2D eigenvalue weighted by Crippen LogP contribution is 1.98. The van der Waals surface area contributed by atoms with Gasteiger partial charge in [0.15, 0.2) is 0 Å². The fraction of sp³-hybridized carbons (Fsp3) is 0.600. The van der Waals surface area contributed by atoms with E-state index in [-0.39, 0.29) is 0 Å². The summed E-state index contributed by atoms with van der Waals surface area (Å²) in [6.07, 6.45) is 1.92. The average molecular weight is 114 g/mol. The second kappa shape index (κ2) is 1.94. The second-order valence-electron chi connectivity index (χ2n) is 1.79. The molecule has 0 saturated carbocycles. The van der Waals surface area contributed by atoms with Crippen LogP contribution in [0.3, 0.4) is 0 Å². The molecule has 0 unspecified atom stereocenters. The largest absolute Gasteiger partial charge is 0.481 e. The third kappa shape index (κ3) is 0.857. The van der Waals surface area contributed by atoms with Gasteiger partial charge in [0, 0.05) is 7.05 Å². The van der Waals surface area contributed by atoms with Gasteiger partial charge in [0.1, 0.15) is 0 Å². The minimum atomic E-state index is 0.840. The lowest BCUT2D eigenvalue weighted by atomic mass is 10.8. The summed E-state index contributed by atoms with van der Waals surface area (Å²) in [6.45, 7) is 0.850. The highest BCUT2D eigenvalue weighted by molar-refractivity contribution is 4.94. The van der Waals surface area contributed by atoms with Gasteiger partial charge < -0.3 is 15.0 Å². The zero-order chi connectivity index (χ0) is 5.98. The maximum absolute atomic E-state index is 4.89. The van der Waals surface area contributed by atoms with Gasteiger partial charge in [-0.25, -0.2) is 0 Å². The van der Waals surface area contributed by atoms with Crippen LogP contribution in [-0.2, 0) is 4.74 Å². The summed E-state index contributed by atoms with van der Waals surface area (Å²) >= 11 is 0. The van der Waals surface area contributed by atoms with Crippen LogP contribution >= 0.6 is 0 Å². The molecule has 0 amide bonds. The molecule has 8 heavy (non-hydrogen) atoms. The predicted octanol–water partition coefficient (Wildman–Crippen LogP) is -0.0758. The molecular formula is C5H10N2O. The van der Waals surface area contributed by atoms with E-state index in [1.54, 1.807) is 7.11 Å². The Balaban J connectivity index is 2.44. The molecule has 1 rings (SSSR count). The van der Waals surface area contributed by atoms with Gasteiger partial charge in [0.25, 0.3) is 0 Å². The molecule has 0 aromatic carbocycles. The van der Waals surface area contributed by atoms with Crippen LogP contribution in [0.15, 0.2) is 12.1 Å². The highest BCUT2D eigenvalue weighted by atomic mass is 16.5. The Morgan fingerprint density at radius 1 is 1.88 bits per heavy atom. The summed E-state index contributed by atoms with van der Waals surface area (Å²) in [7, 11) is 3.64. The lowest BCUT2D eigenvalue weighted by Gasteiger charge is -2.01. The van der Waals surface area contributed by atoms with E-state index in [9.17, 15) is 0 Å². The van der Waals surface area contributed by atoms with E-state index in [4.69, 9.17) is 4.74 Å². The first-order valence-electron chi connectivity index (χ1n) is 2.53. The first-order chi connectivity index (χ1) is 3.83. The van der Waals surface area contributed by atoms with Gasteiger partial charge >= 0.3 is 0 Å². The van der Waals surface area contributed by atoms with Gasteiger partial charge in [0.2, 0.25) is 5.88 Å². The lowest BCUT2D eigenvalue weighted by molar-refractivity contribution is 0.269. The van der Waals surface area contributed by atoms with E-state index in [2.05, 4.69) is 5.32 Å². The summed E-state index contributed by atoms with van der Waals surface area (Å²) in [5.74, 6) is 0.840. The summed E-state index contributed by atoms with van der Waals surface area (Å²) in [5, 5.41) is 3.02. The second-order valence-corrected chi connectivity index (χ2v) is 1.79. The SMILES string of the molecule is COC1=CN(C)CN1. The third-order valence-corrected chi connectivity index (χ3v) is 1.06. The van der Waals surface area contributed by atoms with Crippen molar-refractivity contribution < 1.29 is 4.74 Å². The fourth-order valence-corrected chi connectivity index (χ4v) is 0.619. The molecule has 0 aromatic heterocycles. The van der Waals surface area contributed by atoms with Crippen molar-refractivity contribution in [3.8, 4) is 0 Å². The monoisotopic (exact) mass is 114 g/mol. The zero-order valence-electron chi connectivity index (χ0n) is 5.14. The molecule has 1 N–H and O–H groups in total. The van der Waals surface area contributed by atoms with E-state index in [0.29, 0.717) is 0 Å². The molecule has 1 aliphatic heterocycles. The van der Waals surface area contributed by atoms with Gasteiger partial charge in [-0.2, -0.15) is 0 Å². The van der Waals surface area contributed by atoms with Crippen LogP contribution in [0.2, 0.25) is 0 Å². The molecule has 0 atom stereocenters. The lowest BCUT2D eigenvalue weighted by Crippen LogP contribution is -2.17. The molecule has 0 saturated heterocycles. The quantitative estimate of drug-likeness (QED) is 0.516. The first kappa shape index (κ1) is 5.28. The number of ether oxygens (including phenoxy) is 1. The number of rotatable bonds is 1. The maximum atomic E-state index is 4.89. The molecule has 0 aliphatic carbocycles. The van der Waals surface area contributed by atoms with Crippen LogP contribution in [0.4, 0.5) is 0 Å². The van der Waals surface area contributed by atoms with Crippen LogP contribution in [-0.4, -0.2) is 25.7 Å². The van der Waals surface area contributed by atoms with Crippen LogP contribution in [0, 0.1) is 0 Å². The first-order valence-corrected chi connectivity index (χ1v) is 2.53. The van der Waals surface area contributed by atoms with Crippen molar-refractivity contribution in [3.05, 3.63) is 12.1 Å². The summed E-state index contributed by atoms with van der Waals surface area (Å²) < 4.78 is 4.89. The normalized spacial score (nSPS) is 17.8. The van der Waals surface area contributed by atoms with Gasteiger partial charge in [-0.3, -0.25) is 0 Å². The standard InChI is InChI=1S/C5H10N2O/c1-7-3-5(8-2)6-4-7/h3,6H,4H2,1-2H3. The summed E-state index contributed by atoms with van der Waals surface area (Å²) in [4.78, 5) is 2.01. The molecule has 0 bridgehead atoms. The molecule has 3 heteroatoms. The van der Waals surface area contributed by atoms with Crippen molar-refractivity contribution in [2.24, 2.45) is 0 Å². The van der Waals surface area contributed by atoms with Crippen LogP contribution in [0.1, 0.15) is 0 Å². The number of nitrogens with zero attached hydrogens (tertiary/aromatic N) is 1. The Bertz CT molecular complexity index is 111. The van der Waals surface area contributed by atoms with Crippen molar-refractivity contribution in [2.75, 3.05) is 20.8 Å². The van der Waals surface area contributed by atoms with Crippen LogP contribution in [0.5, 0.6) is 0 Å². The number of hydrogen-bond acceptors (Lipinski definition) is 3. The molecule has 0 aromatic rings. The molecule has 46 valence electrons. The van der Waals surface area contributed by atoms with Crippen molar-refractivity contribution in [3.63, 3.8) is 0 Å². The van der Waals surface area contributed by atoms with E-state index in [1.807, 2.05) is 18.1 Å². The Morgan fingerprint density at radius 2 is 2.62 bits per heavy atom. The van der Waals surface area contributed by atoms with Crippen molar-refractivity contribution in [1.82, 2.24) is 10.2 Å². The van der Waals surface area contributed by atoms with E-state index < -0.39 is 0 Å². The number of methoxy groups -OCH3 is 1. The Morgan fingerprint density at radius 3 is 2.88 bits per heavy atom. The Hall–Kier alpha value is -0.860. The van der Waals surface area contributed by atoms with E-state index in [1.165, 1.54) is 0 Å². The smallest absolute Gasteiger partial charge is 0.204 e. The maximum Gasteiger partial charge on any atom is 0.204 e. The number of nitrogens with one attached hydrogen (secondary N) is 1. The fourth-order valence-electron chi connectivity index (χ4n) is 0.619.